The lowest BCUT2D eigenvalue weighted by Crippen LogP contribution is -2.36. The van der Waals surface area contributed by atoms with Gasteiger partial charge in [-0.15, -0.1) is 0 Å². The molecule has 2 aromatic rings. The topological polar surface area (TPSA) is 150 Å². The molecule has 28 heavy (non-hydrogen) atoms. The number of nitro groups is 1. The number of hydrogen-bond donors (Lipinski definition) is 3. The van der Waals surface area contributed by atoms with E-state index in [4.69, 9.17) is 10.2 Å². The summed E-state index contributed by atoms with van der Waals surface area (Å²) in [5.74, 6) is -0.596. The summed E-state index contributed by atoms with van der Waals surface area (Å²) in [4.78, 5) is 22.3. The quantitative estimate of drug-likeness (QED) is 0.410. The number of aliphatic hydroxyl groups is 2. The van der Waals surface area contributed by atoms with Gasteiger partial charge in [-0.2, -0.15) is 4.31 Å². The molecular weight excluding hydrogens is 390 g/mol. The normalized spacial score (nSPS) is 11.4. The van der Waals surface area contributed by atoms with Crippen LogP contribution in [0, 0.1) is 10.1 Å². The third-order valence-electron chi connectivity index (χ3n) is 3.77. The summed E-state index contributed by atoms with van der Waals surface area (Å²) < 4.78 is 26.2. The number of sulfonamides is 1. The Morgan fingerprint density at radius 1 is 1.07 bits per heavy atom. The maximum Gasteiger partial charge on any atom is 0.269 e. The van der Waals surface area contributed by atoms with Crippen LogP contribution in [0.4, 0.5) is 11.4 Å². The zero-order valence-corrected chi connectivity index (χ0v) is 15.5. The minimum atomic E-state index is -4.01. The van der Waals surface area contributed by atoms with Crippen LogP contribution < -0.4 is 5.32 Å². The van der Waals surface area contributed by atoms with Crippen molar-refractivity contribution in [3.8, 4) is 0 Å². The van der Waals surface area contributed by atoms with E-state index < -0.39 is 34.1 Å². The monoisotopic (exact) mass is 409 g/mol. The molecule has 0 bridgehead atoms. The molecule has 0 heterocycles. The SMILES string of the molecule is O=C(Nc1ccc([N+](=O)[O-])cc1)c1cccc(S(=O)(=O)N(CCO)CCO)c1. The number of carbonyl (C=O) groups excluding carboxylic acids is 1. The van der Waals surface area contributed by atoms with Crippen molar-refractivity contribution in [2.75, 3.05) is 31.6 Å². The fourth-order valence-corrected chi connectivity index (χ4v) is 3.86. The number of benzene rings is 2. The van der Waals surface area contributed by atoms with Crippen LogP contribution in [-0.2, 0) is 10.0 Å². The Hall–Kier alpha value is -2.86. The minimum Gasteiger partial charge on any atom is -0.395 e. The maximum absolute atomic E-state index is 12.7. The molecule has 0 saturated heterocycles. The van der Waals surface area contributed by atoms with Crippen LogP contribution in [0.25, 0.3) is 0 Å². The molecule has 2 aromatic carbocycles. The highest BCUT2D eigenvalue weighted by Crippen LogP contribution is 2.19. The molecular formula is C17H19N3O7S. The Bertz CT molecular complexity index is 939. The molecule has 0 fully saturated rings. The third kappa shape index (κ3) is 5.10. The van der Waals surface area contributed by atoms with Crippen molar-refractivity contribution in [2.24, 2.45) is 0 Å². The summed E-state index contributed by atoms with van der Waals surface area (Å²) in [5, 5.41) is 31.3. The van der Waals surface area contributed by atoms with Gasteiger partial charge in [0.25, 0.3) is 11.6 Å². The number of non-ortho nitro benzene ring substituents is 1. The van der Waals surface area contributed by atoms with Gasteiger partial charge in [0.15, 0.2) is 0 Å². The Morgan fingerprint density at radius 3 is 2.21 bits per heavy atom. The second kappa shape index (κ2) is 9.37. The third-order valence-corrected chi connectivity index (χ3v) is 5.66. The smallest absolute Gasteiger partial charge is 0.269 e. The van der Waals surface area contributed by atoms with E-state index in [-0.39, 0.29) is 29.2 Å². The maximum atomic E-state index is 12.7. The number of aliphatic hydroxyl groups excluding tert-OH is 2. The van der Waals surface area contributed by atoms with Crippen molar-refractivity contribution in [1.82, 2.24) is 4.31 Å². The van der Waals surface area contributed by atoms with Crippen molar-refractivity contribution in [3.63, 3.8) is 0 Å². The molecule has 0 aromatic heterocycles. The van der Waals surface area contributed by atoms with Gasteiger partial charge in [0.05, 0.1) is 23.0 Å². The molecule has 0 aliphatic heterocycles. The molecule has 0 spiro atoms. The fourth-order valence-electron chi connectivity index (χ4n) is 2.39. The molecule has 150 valence electrons. The first-order valence-electron chi connectivity index (χ1n) is 8.17. The molecule has 0 atom stereocenters. The second-order valence-electron chi connectivity index (χ2n) is 5.64. The number of hydrogen-bond acceptors (Lipinski definition) is 7. The first-order chi connectivity index (χ1) is 13.3. The molecule has 2 rings (SSSR count). The summed E-state index contributed by atoms with van der Waals surface area (Å²) in [6, 6.07) is 10.5. The van der Waals surface area contributed by atoms with Gasteiger partial charge >= 0.3 is 0 Å². The zero-order valence-electron chi connectivity index (χ0n) is 14.7. The average molecular weight is 409 g/mol. The van der Waals surface area contributed by atoms with E-state index >= 15 is 0 Å². The first-order valence-corrected chi connectivity index (χ1v) is 9.61. The van der Waals surface area contributed by atoms with E-state index in [1.807, 2.05) is 0 Å². The van der Waals surface area contributed by atoms with E-state index in [0.717, 1.165) is 4.31 Å². The Labute approximate surface area is 161 Å². The molecule has 10 nitrogen and oxygen atoms in total. The van der Waals surface area contributed by atoms with Crippen LogP contribution in [0.3, 0.4) is 0 Å². The molecule has 0 unspecified atom stereocenters. The standard InChI is InChI=1S/C17H19N3O7S/c21-10-8-19(9-11-22)28(26,27)16-3-1-2-13(12-16)17(23)18-14-4-6-15(7-5-14)20(24)25/h1-7,12,21-22H,8-11H2,(H,18,23). The lowest BCUT2D eigenvalue weighted by atomic mass is 10.2. The highest BCUT2D eigenvalue weighted by molar-refractivity contribution is 7.89. The van der Waals surface area contributed by atoms with Gasteiger partial charge in [-0.3, -0.25) is 14.9 Å². The summed E-state index contributed by atoms with van der Waals surface area (Å²) in [6.07, 6.45) is 0. The number of nitrogens with one attached hydrogen (secondary N) is 1. The minimum absolute atomic E-state index is 0.0624. The van der Waals surface area contributed by atoms with Crippen LogP contribution in [0.2, 0.25) is 0 Å². The molecule has 0 aliphatic carbocycles. The highest BCUT2D eigenvalue weighted by atomic mass is 32.2. The predicted molar refractivity (Wildman–Crippen MR) is 100 cm³/mol. The van der Waals surface area contributed by atoms with E-state index in [1.165, 1.54) is 48.5 Å². The van der Waals surface area contributed by atoms with Crippen LogP contribution in [-0.4, -0.2) is 60.1 Å². The first kappa shape index (κ1) is 21.4. The Balaban J connectivity index is 2.23. The van der Waals surface area contributed by atoms with Crippen molar-refractivity contribution < 1.29 is 28.3 Å². The second-order valence-corrected chi connectivity index (χ2v) is 7.58. The number of rotatable bonds is 9. The molecule has 0 aliphatic rings. The number of nitro benzene ring substituents is 1. The zero-order chi connectivity index (χ0) is 20.7. The molecule has 0 saturated carbocycles. The van der Waals surface area contributed by atoms with Crippen LogP contribution >= 0.6 is 0 Å². The van der Waals surface area contributed by atoms with E-state index in [1.54, 1.807) is 0 Å². The van der Waals surface area contributed by atoms with Crippen LogP contribution in [0.1, 0.15) is 10.4 Å². The lowest BCUT2D eigenvalue weighted by molar-refractivity contribution is -0.384. The lowest BCUT2D eigenvalue weighted by Gasteiger charge is -2.20. The molecule has 1 amide bonds. The molecule has 11 heteroatoms. The number of carbonyl (C=O) groups is 1. The van der Waals surface area contributed by atoms with Gasteiger partial charge < -0.3 is 15.5 Å². The Morgan fingerprint density at radius 2 is 1.68 bits per heavy atom. The summed E-state index contributed by atoms with van der Waals surface area (Å²) in [7, 11) is -4.01. The fraction of sp³-hybridized carbons (Fsp3) is 0.235. The van der Waals surface area contributed by atoms with Crippen molar-refractivity contribution >= 4 is 27.3 Å². The number of nitrogens with zero attached hydrogens (tertiary/aromatic N) is 2. The van der Waals surface area contributed by atoms with Crippen molar-refractivity contribution in [2.45, 2.75) is 4.90 Å². The average Bonchev–Trinajstić information content (AvgIpc) is 2.68. The number of amides is 1. The summed E-state index contributed by atoms with van der Waals surface area (Å²) in [5.41, 5.74) is 0.248. The van der Waals surface area contributed by atoms with Crippen molar-refractivity contribution in [3.05, 3.63) is 64.2 Å². The predicted octanol–water partition coefficient (Wildman–Crippen LogP) is 0.822. The highest BCUT2D eigenvalue weighted by Gasteiger charge is 2.24. The van der Waals surface area contributed by atoms with Gasteiger partial charge in [-0.05, 0) is 30.3 Å². The largest absolute Gasteiger partial charge is 0.395 e. The molecule has 3 N–H and O–H groups in total. The van der Waals surface area contributed by atoms with Crippen LogP contribution in [0.5, 0.6) is 0 Å². The number of anilines is 1. The van der Waals surface area contributed by atoms with Crippen molar-refractivity contribution in [1.29, 1.82) is 0 Å². The van der Waals surface area contributed by atoms with Gasteiger partial charge in [0, 0.05) is 36.5 Å². The summed E-state index contributed by atoms with van der Waals surface area (Å²) in [6.45, 7) is -1.22. The van der Waals surface area contributed by atoms with E-state index in [2.05, 4.69) is 5.32 Å². The molecule has 0 radical (unpaired) electrons. The van der Waals surface area contributed by atoms with Gasteiger partial charge in [-0.1, -0.05) is 6.07 Å². The van der Waals surface area contributed by atoms with Gasteiger partial charge in [-0.25, -0.2) is 8.42 Å². The van der Waals surface area contributed by atoms with Crippen LogP contribution in [0.15, 0.2) is 53.4 Å². The summed E-state index contributed by atoms with van der Waals surface area (Å²) >= 11 is 0. The van der Waals surface area contributed by atoms with E-state index in [0.29, 0.717) is 5.69 Å². The van der Waals surface area contributed by atoms with Gasteiger partial charge in [0.1, 0.15) is 0 Å². The van der Waals surface area contributed by atoms with Gasteiger partial charge in [0.2, 0.25) is 10.0 Å². The Kier molecular flexibility index (Phi) is 7.18. The van der Waals surface area contributed by atoms with E-state index in [9.17, 15) is 23.3 Å².